The SMILES string of the molecule is O=C(O)N1CCC(OCc2ccc(OC(F)(F)F)cc2)CC1. The van der Waals surface area contributed by atoms with Crippen LogP contribution in [0.4, 0.5) is 18.0 Å². The summed E-state index contributed by atoms with van der Waals surface area (Å²) < 4.78 is 45.5. The lowest BCUT2D eigenvalue weighted by Crippen LogP contribution is -2.40. The van der Waals surface area contributed by atoms with Crippen LogP contribution in [0.5, 0.6) is 5.75 Å². The zero-order chi connectivity index (χ0) is 16.2. The second kappa shape index (κ2) is 6.87. The van der Waals surface area contributed by atoms with E-state index in [-0.39, 0.29) is 18.5 Å². The maximum atomic E-state index is 12.0. The second-order valence-electron chi connectivity index (χ2n) is 4.97. The van der Waals surface area contributed by atoms with Crippen LogP contribution in [-0.4, -0.2) is 41.7 Å². The van der Waals surface area contributed by atoms with Crippen molar-refractivity contribution in [3.63, 3.8) is 0 Å². The summed E-state index contributed by atoms with van der Waals surface area (Å²) in [7, 11) is 0. The quantitative estimate of drug-likeness (QED) is 0.925. The molecule has 2 rings (SSSR count). The summed E-state index contributed by atoms with van der Waals surface area (Å²) in [5.74, 6) is -0.272. The number of alkyl halides is 3. The monoisotopic (exact) mass is 319 g/mol. The maximum absolute atomic E-state index is 12.0. The highest BCUT2D eigenvalue weighted by Crippen LogP contribution is 2.23. The summed E-state index contributed by atoms with van der Waals surface area (Å²) >= 11 is 0. The van der Waals surface area contributed by atoms with Crippen LogP contribution in [-0.2, 0) is 11.3 Å². The van der Waals surface area contributed by atoms with Gasteiger partial charge in [0.05, 0.1) is 12.7 Å². The Morgan fingerprint density at radius 2 is 1.82 bits per heavy atom. The van der Waals surface area contributed by atoms with E-state index in [9.17, 15) is 18.0 Å². The normalized spacial score (nSPS) is 16.6. The molecule has 1 N–H and O–H groups in total. The van der Waals surface area contributed by atoms with Crippen LogP contribution in [0.1, 0.15) is 18.4 Å². The fourth-order valence-corrected chi connectivity index (χ4v) is 2.22. The second-order valence-corrected chi connectivity index (χ2v) is 4.97. The number of ether oxygens (including phenoxy) is 2. The highest BCUT2D eigenvalue weighted by molar-refractivity contribution is 5.64. The highest BCUT2D eigenvalue weighted by atomic mass is 19.4. The molecular formula is C14H16F3NO4. The van der Waals surface area contributed by atoms with Gasteiger partial charge in [-0.1, -0.05) is 12.1 Å². The predicted octanol–water partition coefficient (Wildman–Crippen LogP) is 3.24. The Kier molecular flexibility index (Phi) is 5.12. The number of likely N-dealkylation sites (tertiary alicyclic amines) is 1. The van der Waals surface area contributed by atoms with Gasteiger partial charge in [-0.25, -0.2) is 4.79 Å². The summed E-state index contributed by atoms with van der Waals surface area (Å²) in [6.07, 6.45) is -4.44. The first-order valence-corrected chi connectivity index (χ1v) is 6.77. The molecule has 1 aliphatic heterocycles. The number of hydrogen-bond donors (Lipinski definition) is 1. The van der Waals surface area contributed by atoms with E-state index in [1.165, 1.54) is 29.2 Å². The van der Waals surface area contributed by atoms with Crippen molar-refractivity contribution in [3.05, 3.63) is 29.8 Å². The van der Waals surface area contributed by atoms with E-state index < -0.39 is 12.5 Å². The molecule has 0 saturated carbocycles. The summed E-state index contributed by atoms with van der Waals surface area (Å²) in [5.41, 5.74) is 0.732. The van der Waals surface area contributed by atoms with Crippen molar-refractivity contribution in [2.75, 3.05) is 13.1 Å². The highest BCUT2D eigenvalue weighted by Gasteiger charge is 2.31. The maximum Gasteiger partial charge on any atom is 0.573 e. The standard InChI is InChI=1S/C14H16F3NO4/c15-14(16,17)22-12-3-1-10(2-4-12)9-21-11-5-7-18(8-6-11)13(19)20/h1-4,11H,5-9H2,(H,19,20). The molecule has 1 aliphatic rings. The van der Waals surface area contributed by atoms with Crippen molar-refractivity contribution < 1.29 is 32.5 Å². The van der Waals surface area contributed by atoms with E-state index in [0.29, 0.717) is 25.9 Å². The number of benzene rings is 1. The molecule has 1 aromatic rings. The van der Waals surface area contributed by atoms with E-state index in [2.05, 4.69) is 4.74 Å². The molecule has 1 amide bonds. The van der Waals surface area contributed by atoms with Gasteiger partial charge in [0.1, 0.15) is 5.75 Å². The Bertz CT molecular complexity index is 496. The Hall–Kier alpha value is -1.96. The molecule has 122 valence electrons. The first-order chi connectivity index (χ1) is 10.3. The van der Waals surface area contributed by atoms with Crippen molar-refractivity contribution in [1.82, 2.24) is 4.90 Å². The third-order valence-corrected chi connectivity index (χ3v) is 3.36. The lowest BCUT2D eigenvalue weighted by atomic mass is 10.1. The largest absolute Gasteiger partial charge is 0.573 e. The number of carboxylic acid groups (broad SMARTS) is 1. The molecule has 0 atom stereocenters. The molecule has 5 nitrogen and oxygen atoms in total. The van der Waals surface area contributed by atoms with E-state index in [1.54, 1.807) is 0 Å². The lowest BCUT2D eigenvalue weighted by molar-refractivity contribution is -0.274. The number of rotatable bonds is 4. The van der Waals surface area contributed by atoms with E-state index in [1.807, 2.05) is 0 Å². The van der Waals surface area contributed by atoms with Crippen LogP contribution in [0, 0.1) is 0 Å². The van der Waals surface area contributed by atoms with Crippen LogP contribution in [0.15, 0.2) is 24.3 Å². The van der Waals surface area contributed by atoms with E-state index in [0.717, 1.165) is 5.56 Å². The number of nitrogens with zero attached hydrogens (tertiary/aromatic N) is 1. The lowest BCUT2D eigenvalue weighted by Gasteiger charge is -2.29. The van der Waals surface area contributed by atoms with E-state index >= 15 is 0 Å². The van der Waals surface area contributed by atoms with Crippen molar-refractivity contribution in [2.45, 2.75) is 31.9 Å². The molecule has 0 aromatic heterocycles. The minimum atomic E-state index is -4.70. The van der Waals surface area contributed by atoms with Gasteiger partial charge in [0.2, 0.25) is 0 Å². The fraction of sp³-hybridized carbons (Fsp3) is 0.500. The van der Waals surface area contributed by atoms with Crippen LogP contribution in [0.25, 0.3) is 0 Å². The predicted molar refractivity (Wildman–Crippen MR) is 70.5 cm³/mol. The number of hydrogen-bond acceptors (Lipinski definition) is 3. The van der Waals surface area contributed by atoms with Crippen LogP contribution in [0.3, 0.4) is 0 Å². The molecule has 0 spiro atoms. The molecule has 1 heterocycles. The minimum absolute atomic E-state index is 0.0401. The molecule has 22 heavy (non-hydrogen) atoms. The number of amides is 1. The Balaban J connectivity index is 1.77. The van der Waals surface area contributed by atoms with Gasteiger partial charge in [-0.15, -0.1) is 13.2 Å². The van der Waals surface area contributed by atoms with Gasteiger partial charge in [0.15, 0.2) is 0 Å². The third kappa shape index (κ3) is 5.10. The first-order valence-electron chi connectivity index (χ1n) is 6.77. The molecule has 0 bridgehead atoms. The molecule has 0 radical (unpaired) electrons. The summed E-state index contributed by atoms with van der Waals surface area (Å²) in [4.78, 5) is 12.1. The average Bonchev–Trinajstić information content (AvgIpc) is 2.45. The zero-order valence-electron chi connectivity index (χ0n) is 11.7. The van der Waals surface area contributed by atoms with Crippen molar-refractivity contribution >= 4 is 6.09 Å². The zero-order valence-corrected chi connectivity index (χ0v) is 11.7. The molecule has 1 saturated heterocycles. The third-order valence-electron chi connectivity index (χ3n) is 3.36. The van der Waals surface area contributed by atoms with Crippen LogP contribution < -0.4 is 4.74 Å². The van der Waals surface area contributed by atoms with Gasteiger partial charge in [-0.2, -0.15) is 0 Å². The van der Waals surface area contributed by atoms with Gasteiger partial charge < -0.3 is 19.5 Å². The number of carbonyl (C=O) groups is 1. The Labute approximate surface area is 125 Å². The van der Waals surface area contributed by atoms with Crippen LogP contribution in [0.2, 0.25) is 0 Å². The number of piperidine rings is 1. The molecule has 8 heteroatoms. The Morgan fingerprint density at radius 3 is 2.32 bits per heavy atom. The van der Waals surface area contributed by atoms with Gasteiger partial charge >= 0.3 is 12.5 Å². The van der Waals surface area contributed by atoms with Gasteiger partial charge in [-0.05, 0) is 30.5 Å². The molecule has 0 aliphatic carbocycles. The summed E-state index contributed by atoms with van der Waals surface area (Å²) in [6.45, 7) is 1.13. The average molecular weight is 319 g/mol. The molecule has 0 unspecified atom stereocenters. The topological polar surface area (TPSA) is 59.0 Å². The van der Waals surface area contributed by atoms with Crippen LogP contribution >= 0.6 is 0 Å². The van der Waals surface area contributed by atoms with Crippen molar-refractivity contribution in [2.24, 2.45) is 0 Å². The minimum Gasteiger partial charge on any atom is -0.465 e. The smallest absolute Gasteiger partial charge is 0.465 e. The van der Waals surface area contributed by atoms with Crippen molar-refractivity contribution in [1.29, 1.82) is 0 Å². The fourth-order valence-electron chi connectivity index (χ4n) is 2.22. The molecular weight excluding hydrogens is 303 g/mol. The molecule has 1 fully saturated rings. The number of halogens is 3. The first kappa shape index (κ1) is 16.4. The summed E-state index contributed by atoms with van der Waals surface area (Å²) in [6, 6.07) is 5.49. The van der Waals surface area contributed by atoms with E-state index in [4.69, 9.17) is 9.84 Å². The summed E-state index contributed by atoms with van der Waals surface area (Å²) in [5, 5.41) is 8.83. The molecule has 1 aromatic carbocycles. The Morgan fingerprint density at radius 1 is 1.23 bits per heavy atom. The van der Waals surface area contributed by atoms with Gasteiger partial charge in [0.25, 0.3) is 0 Å². The van der Waals surface area contributed by atoms with Gasteiger partial charge in [-0.3, -0.25) is 0 Å². The van der Waals surface area contributed by atoms with Crippen molar-refractivity contribution in [3.8, 4) is 5.75 Å². The van der Waals surface area contributed by atoms with Gasteiger partial charge in [0, 0.05) is 13.1 Å².